The van der Waals surface area contributed by atoms with E-state index in [-0.39, 0.29) is 38.4 Å². The Morgan fingerprint density at radius 3 is 2.53 bits per heavy atom. The van der Waals surface area contributed by atoms with Crippen LogP contribution in [0.3, 0.4) is 0 Å². The Kier molecular flexibility index (Phi) is 13.6. The van der Waals surface area contributed by atoms with Crippen molar-refractivity contribution in [3.63, 3.8) is 0 Å². The number of halogens is 1. The number of amides is 5. The maximum Gasteiger partial charge on any atom is 0.257 e. The predicted octanol–water partition coefficient (Wildman–Crippen LogP) is 1.50. The SMILES string of the molecule is CC[C@@H](C=O)c1cc2n(c(=O)c1COC)Cc1c-2nc2cc(F)c(C)c3c2c1C(NC(=O)COCNC(=O)CNC(=O)C(Cc1ccccc1)NC(=O)CNC=O)CC3. The van der Waals surface area contributed by atoms with Gasteiger partial charge in [-0.2, -0.15) is 0 Å². The van der Waals surface area contributed by atoms with E-state index in [2.05, 4.69) is 26.6 Å². The predicted molar refractivity (Wildman–Crippen MR) is 212 cm³/mol. The molecule has 0 spiro atoms. The Labute approximate surface area is 338 Å². The van der Waals surface area contributed by atoms with E-state index in [0.29, 0.717) is 64.8 Å². The van der Waals surface area contributed by atoms with Gasteiger partial charge in [-0.25, -0.2) is 9.37 Å². The van der Waals surface area contributed by atoms with Crippen LogP contribution in [0.1, 0.15) is 70.7 Å². The number of aryl methyl sites for hydroxylation is 1. The van der Waals surface area contributed by atoms with E-state index in [1.54, 1.807) is 41.8 Å². The molecular weight excluding hydrogens is 765 g/mol. The second-order valence-corrected chi connectivity index (χ2v) is 14.4. The first-order valence-corrected chi connectivity index (χ1v) is 19.3. The highest BCUT2D eigenvalue weighted by molar-refractivity contribution is 5.94. The van der Waals surface area contributed by atoms with Gasteiger partial charge in [0.05, 0.1) is 49.2 Å². The number of nitrogens with zero attached hydrogens (tertiary/aromatic N) is 2. The van der Waals surface area contributed by atoms with E-state index in [4.69, 9.17) is 14.5 Å². The van der Waals surface area contributed by atoms with Crippen LogP contribution in [0.25, 0.3) is 22.3 Å². The molecule has 5 N–H and O–H groups in total. The molecule has 2 unspecified atom stereocenters. The molecule has 0 radical (unpaired) electrons. The van der Waals surface area contributed by atoms with Crippen LogP contribution in [0.5, 0.6) is 0 Å². The largest absolute Gasteiger partial charge is 0.380 e. The zero-order valence-corrected chi connectivity index (χ0v) is 32.9. The summed E-state index contributed by atoms with van der Waals surface area (Å²) in [5.74, 6) is -3.27. The lowest BCUT2D eigenvalue weighted by molar-refractivity contribution is -0.131. The molecule has 3 atom stereocenters. The number of hydrogen-bond donors (Lipinski definition) is 5. The first kappa shape index (κ1) is 42.3. The molecule has 1 aliphatic heterocycles. The van der Waals surface area contributed by atoms with Crippen molar-refractivity contribution in [1.82, 2.24) is 36.1 Å². The first-order valence-electron chi connectivity index (χ1n) is 19.3. The molecular formula is C42H46FN7O9. The van der Waals surface area contributed by atoms with Crippen molar-refractivity contribution < 1.29 is 42.6 Å². The third-order valence-corrected chi connectivity index (χ3v) is 10.7. The molecule has 1 aliphatic carbocycles. The maximum atomic E-state index is 15.3. The van der Waals surface area contributed by atoms with Crippen LogP contribution in [0.2, 0.25) is 0 Å². The molecule has 310 valence electrons. The van der Waals surface area contributed by atoms with Crippen molar-refractivity contribution in [1.29, 1.82) is 0 Å². The molecule has 5 amide bonds. The average molecular weight is 812 g/mol. The number of aromatic nitrogens is 2. The molecule has 17 heteroatoms. The minimum atomic E-state index is -1.03. The normalized spacial score (nSPS) is 14.7. The van der Waals surface area contributed by atoms with E-state index in [1.165, 1.54) is 13.2 Å². The van der Waals surface area contributed by atoms with Crippen LogP contribution in [0, 0.1) is 12.7 Å². The lowest BCUT2D eigenvalue weighted by Crippen LogP contribution is -2.51. The number of nitrogens with one attached hydrogen (secondary N) is 5. The molecule has 2 aliphatic rings. The van der Waals surface area contributed by atoms with Gasteiger partial charge >= 0.3 is 0 Å². The van der Waals surface area contributed by atoms with Crippen molar-refractivity contribution in [3.05, 3.63) is 97.6 Å². The molecule has 59 heavy (non-hydrogen) atoms. The van der Waals surface area contributed by atoms with Gasteiger partial charge in [-0.3, -0.25) is 28.8 Å². The van der Waals surface area contributed by atoms with Crippen molar-refractivity contribution in [2.24, 2.45) is 0 Å². The number of rotatable bonds is 19. The number of fused-ring (bicyclic) bond motifs is 4. The number of ether oxygens (including phenoxy) is 2. The number of hydrogen-bond acceptors (Lipinski definition) is 10. The van der Waals surface area contributed by atoms with Gasteiger partial charge in [0.2, 0.25) is 30.0 Å². The Morgan fingerprint density at radius 2 is 1.81 bits per heavy atom. The highest BCUT2D eigenvalue weighted by atomic mass is 19.1. The lowest BCUT2D eigenvalue weighted by atomic mass is 9.81. The highest BCUT2D eigenvalue weighted by Gasteiger charge is 2.35. The Balaban J connectivity index is 1.12. The maximum absolute atomic E-state index is 15.3. The molecule has 2 aromatic heterocycles. The quantitative estimate of drug-likeness (QED) is 0.0460. The Bertz CT molecular complexity index is 2350. The topological polar surface area (TPSA) is 216 Å². The molecule has 6 rings (SSSR count). The average Bonchev–Trinajstić information content (AvgIpc) is 3.60. The number of methoxy groups -OCH3 is 1. The second kappa shape index (κ2) is 18.9. The summed E-state index contributed by atoms with van der Waals surface area (Å²) in [5, 5.41) is 13.5. The first-order chi connectivity index (χ1) is 28.5. The summed E-state index contributed by atoms with van der Waals surface area (Å²) in [6.07, 6.45) is 2.67. The van der Waals surface area contributed by atoms with Crippen LogP contribution in [0.15, 0.2) is 47.3 Å². The molecule has 3 heterocycles. The molecule has 4 aromatic rings. The number of carbonyl (C=O) groups is 6. The van der Waals surface area contributed by atoms with E-state index < -0.39 is 60.6 Å². The summed E-state index contributed by atoms with van der Waals surface area (Å²) in [7, 11) is 1.48. The molecule has 0 saturated heterocycles. The van der Waals surface area contributed by atoms with Crippen LogP contribution >= 0.6 is 0 Å². The second-order valence-electron chi connectivity index (χ2n) is 14.4. The summed E-state index contributed by atoms with van der Waals surface area (Å²) in [4.78, 5) is 92.7. The van der Waals surface area contributed by atoms with Gasteiger partial charge in [-0.15, -0.1) is 0 Å². The van der Waals surface area contributed by atoms with Gasteiger partial charge < -0.3 is 45.4 Å². The zero-order chi connectivity index (χ0) is 42.2. The summed E-state index contributed by atoms with van der Waals surface area (Å²) < 4.78 is 27.7. The number of pyridine rings is 2. The van der Waals surface area contributed by atoms with Crippen LogP contribution in [-0.2, 0) is 64.2 Å². The molecule has 0 fully saturated rings. The van der Waals surface area contributed by atoms with Gasteiger partial charge in [-0.05, 0) is 60.1 Å². The van der Waals surface area contributed by atoms with Crippen LogP contribution in [0.4, 0.5) is 4.39 Å². The minimum absolute atomic E-state index is 0.0108. The van der Waals surface area contributed by atoms with Gasteiger partial charge in [0.25, 0.3) is 5.56 Å². The number of carbonyl (C=O) groups excluding carboxylic acids is 6. The van der Waals surface area contributed by atoms with E-state index >= 15 is 4.39 Å². The van der Waals surface area contributed by atoms with Crippen molar-refractivity contribution in [2.75, 3.05) is 33.5 Å². The van der Waals surface area contributed by atoms with Crippen LogP contribution in [-0.4, -0.2) is 85.5 Å². The van der Waals surface area contributed by atoms with Crippen molar-refractivity contribution in [2.45, 2.75) is 70.7 Å². The Hall–Kier alpha value is -6.33. The monoisotopic (exact) mass is 811 g/mol. The van der Waals surface area contributed by atoms with Gasteiger partial charge in [0.1, 0.15) is 31.5 Å². The van der Waals surface area contributed by atoms with Gasteiger partial charge in [-0.1, -0.05) is 37.3 Å². The fourth-order valence-electron chi connectivity index (χ4n) is 7.82. The van der Waals surface area contributed by atoms with Crippen molar-refractivity contribution >= 4 is 47.2 Å². The summed E-state index contributed by atoms with van der Waals surface area (Å²) in [5.41, 5.74) is 5.44. The summed E-state index contributed by atoms with van der Waals surface area (Å²) >= 11 is 0. The summed E-state index contributed by atoms with van der Waals surface area (Å²) in [6.45, 7) is 2.17. The third-order valence-electron chi connectivity index (χ3n) is 10.7. The molecule has 0 saturated carbocycles. The molecule has 2 aromatic carbocycles. The standard InChI is InChI=1S/C42H46FN7O9/c1-4-25(18-51)27-13-34-40-28(17-50(34)42(57)29(27)19-58-3)39-31(11-10-26-23(2)30(43)14-32(49-40)38(26)39)47-37(55)20-59-22-46-35(53)16-45-41(56)33(48-36(54)15-44-21-52)12-24-8-6-5-7-9-24/h5-9,13-14,18,21,25,31,33H,4,10-12,15-17,19-20,22H2,1-3H3,(H,44,52)(H,45,56)(H,46,53)(H,47,55)(H,48,54)/t25-,31?,33?/m0/s1. The fraction of sp³-hybridized carbons (Fsp3) is 0.381. The smallest absolute Gasteiger partial charge is 0.257 e. The summed E-state index contributed by atoms with van der Waals surface area (Å²) in [6, 6.07) is 10.5. The Morgan fingerprint density at radius 1 is 1.03 bits per heavy atom. The third kappa shape index (κ3) is 9.21. The highest BCUT2D eigenvalue weighted by Crippen LogP contribution is 2.45. The van der Waals surface area contributed by atoms with Gasteiger partial charge in [0, 0.05) is 42.0 Å². The fourth-order valence-corrected chi connectivity index (χ4v) is 7.82. The van der Waals surface area contributed by atoms with E-state index in [1.807, 2.05) is 13.0 Å². The van der Waals surface area contributed by atoms with E-state index in [0.717, 1.165) is 28.4 Å². The number of benzene rings is 2. The molecule has 0 bridgehead atoms. The number of aldehydes is 1. The van der Waals surface area contributed by atoms with Crippen molar-refractivity contribution in [3.8, 4) is 11.4 Å². The molecule has 16 nitrogen and oxygen atoms in total. The lowest BCUT2D eigenvalue weighted by Gasteiger charge is -2.29. The zero-order valence-electron chi connectivity index (χ0n) is 32.9. The minimum Gasteiger partial charge on any atom is -0.380 e. The van der Waals surface area contributed by atoms with Gasteiger partial charge in [0.15, 0.2) is 0 Å². The van der Waals surface area contributed by atoms with Crippen LogP contribution < -0.4 is 32.1 Å². The van der Waals surface area contributed by atoms with E-state index in [9.17, 15) is 33.6 Å².